The first-order valence-corrected chi connectivity index (χ1v) is 8.47. The van der Waals surface area contributed by atoms with Gasteiger partial charge in [-0.3, -0.25) is 19.8 Å². The summed E-state index contributed by atoms with van der Waals surface area (Å²) in [6.45, 7) is 5.67. The molecule has 1 aliphatic rings. The molecule has 25 heavy (non-hydrogen) atoms. The molecule has 1 N–H and O–H groups in total. The third-order valence-corrected chi connectivity index (χ3v) is 4.23. The number of carbonyl (C=O) groups is 1. The second-order valence-corrected chi connectivity index (χ2v) is 6.04. The van der Waals surface area contributed by atoms with Gasteiger partial charge in [0.05, 0.1) is 23.1 Å². The molecule has 0 atom stereocenters. The van der Waals surface area contributed by atoms with Crippen molar-refractivity contribution in [2.24, 2.45) is 0 Å². The highest BCUT2D eigenvalue weighted by Gasteiger charge is 2.24. The van der Waals surface area contributed by atoms with Crippen molar-refractivity contribution in [3.8, 4) is 6.07 Å². The summed E-state index contributed by atoms with van der Waals surface area (Å²) in [5.74, 6) is 0.0197. The Bertz CT molecular complexity index is 663. The first-order chi connectivity index (χ1) is 12.0. The van der Waals surface area contributed by atoms with E-state index in [9.17, 15) is 14.9 Å². The summed E-state index contributed by atoms with van der Waals surface area (Å²) in [6, 6.07) is 6.46. The zero-order chi connectivity index (χ0) is 18.2. The predicted octanol–water partition coefficient (Wildman–Crippen LogP) is 1.50. The smallest absolute Gasteiger partial charge is 0.293 e. The Morgan fingerprint density at radius 3 is 2.68 bits per heavy atom. The maximum absolute atomic E-state index is 11.9. The number of nitriles is 1. The molecule has 0 aliphatic carbocycles. The number of rotatable bonds is 7. The molecule has 134 valence electrons. The van der Waals surface area contributed by atoms with Crippen molar-refractivity contribution in [1.82, 2.24) is 10.2 Å². The monoisotopic (exact) mass is 345 g/mol. The Hall–Kier alpha value is -2.66. The number of carbonyl (C=O) groups excluding carboxylic acids is 1. The zero-order valence-corrected chi connectivity index (χ0v) is 14.4. The molecule has 1 aromatic rings. The summed E-state index contributed by atoms with van der Waals surface area (Å²) in [5, 5.41) is 23.1. The van der Waals surface area contributed by atoms with Gasteiger partial charge < -0.3 is 10.2 Å². The number of piperazine rings is 1. The Balaban J connectivity index is 1.93. The first kappa shape index (κ1) is 18.7. The first-order valence-electron chi connectivity index (χ1n) is 8.47. The largest absolute Gasteiger partial charge is 0.363 e. The highest BCUT2D eigenvalue weighted by atomic mass is 16.6. The number of anilines is 1. The molecule has 0 saturated carbocycles. The highest BCUT2D eigenvalue weighted by Crippen LogP contribution is 2.29. The number of nitrogens with one attached hydrogen (secondary N) is 1. The van der Waals surface area contributed by atoms with Crippen LogP contribution < -0.4 is 10.2 Å². The van der Waals surface area contributed by atoms with E-state index in [-0.39, 0.29) is 17.2 Å². The van der Waals surface area contributed by atoms with Crippen LogP contribution in [0.15, 0.2) is 18.2 Å². The summed E-state index contributed by atoms with van der Waals surface area (Å²) in [5.41, 5.74) is 0.749. The van der Waals surface area contributed by atoms with E-state index >= 15 is 0 Å². The summed E-state index contributed by atoms with van der Waals surface area (Å²) >= 11 is 0. The lowest BCUT2D eigenvalue weighted by Crippen LogP contribution is -2.49. The average molecular weight is 345 g/mol. The minimum atomic E-state index is -0.455. The second kappa shape index (κ2) is 8.99. The van der Waals surface area contributed by atoms with Crippen LogP contribution in [-0.4, -0.2) is 55.0 Å². The average Bonchev–Trinajstić information content (AvgIpc) is 2.62. The van der Waals surface area contributed by atoms with Gasteiger partial charge in [-0.25, -0.2) is 0 Å². The lowest BCUT2D eigenvalue weighted by atomic mass is 10.1. The van der Waals surface area contributed by atoms with Gasteiger partial charge in [0.1, 0.15) is 5.69 Å². The summed E-state index contributed by atoms with van der Waals surface area (Å²) in [4.78, 5) is 26.7. The van der Waals surface area contributed by atoms with Crippen molar-refractivity contribution < 1.29 is 9.72 Å². The Labute approximate surface area is 147 Å². The van der Waals surface area contributed by atoms with Crippen molar-refractivity contribution in [2.75, 3.05) is 44.2 Å². The standard InChI is InChI=1S/C17H23N5O3/c1-2-3-6-19-17(23)13-20-7-9-21(10-8-20)15-5-4-14(12-18)11-16(15)22(24)25/h4-5,11H,2-3,6-10,13H2,1H3,(H,19,23). The van der Waals surface area contributed by atoms with Crippen LogP contribution in [0.3, 0.4) is 0 Å². The fourth-order valence-corrected chi connectivity index (χ4v) is 2.82. The minimum Gasteiger partial charge on any atom is -0.363 e. The maximum Gasteiger partial charge on any atom is 0.293 e. The van der Waals surface area contributed by atoms with E-state index in [4.69, 9.17) is 5.26 Å². The van der Waals surface area contributed by atoms with Gasteiger partial charge in [0, 0.05) is 38.8 Å². The van der Waals surface area contributed by atoms with Crippen molar-refractivity contribution in [3.05, 3.63) is 33.9 Å². The SMILES string of the molecule is CCCCNC(=O)CN1CCN(c2ccc(C#N)cc2[N+](=O)[O-])CC1. The Morgan fingerprint density at radius 1 is 1.36 bits per heavy atom. The van der Waals surface area contributed by atoms with Gasteiger partial charge in [-0.1, -0.05) is 13.3 Å². The fourth-order valence-electron chi connectivity index (χ4n) is 2.82. The van der Waals surface area contributed by atoms with E-state index in [2.05, 4.69) is 12.2 Å². The van der Waals surface area contributed by atoms with Crippen LogP contribution in [0.25, 0.3) is 0 Å². The van der Waals surface area contributed by atoms with E-state index in [1.807, 2.05) is 15.9 Å². The lowest BCUT2D eigenvalue weighted by Gasteiger charge is -2.35. The van der Waals surface area contributed by atoms with Crippen molar-refractivity contribution in [2.45, 2.75) is 19.8 Å². The molecule has 0 unspecified atom stereocenters. The van der Waals surface area contributed by atoms with E-state index in [1.54, 1.807) is 12.1 Å². The van der Waals surface area contributed by atoms with Crippen molar-refractivity contribution in [1.29, 1.82) is 5.26 Å². The van der Waals surface area contributed by atoms with Crippen molar-refractivity contribution >= 4 is 17.3 Å². The van der Waals surface area contributed by atoms with Gasteiger partial charge in [-0.05, 0) is 18.6 Å². The molecule has 1 fully saturated rings. The van der Waals surface area contributed by atoms with Gasteiger partial charge in [0.25, 0.3) is 5.69 Å². The summed E-state index contributed by atoms with van der Waals surface area (Å²) in [7, 11) is 0. The second-order valence-electron chi connectivity index (χ2n) is 6.04. The molecule has 8 nitrogen and oxygen atoms in total. The van der Waals surface area contributed by atoms with E-state index in [0.29, 0.717) is 45.0 Å². The third-order valence-electron chi connectivity index (χ3n) is 4.23. The number of nitrogens with zero attached hydrogens (tertiary/aromatic N) is 4. The van der Waals surface area contributed by atoms with E-state index in [0.717, 1.165) is 12.8 Å². The third kappa shape index (κ3) is 5.16. The van der Waals surface area contributed by atoms with Crippen LogP contribution in [0.1, 0.15) is 25.3 Å². The van der Waals surface area contributed by atoms with Gasteiger partial charge in [0.2, 0.25) is 5.91 Å². The Kier molecular flexibility index (Phi) is 6.71. The van der Waals surface area contributed by atoms with E-state index in [1.165, 1.54) is 6.07 Å². The highest BCUT2D eigenvalue weighted by molar-refractivity contribution is 5.78. The molecule has 0 bridgehead atoms. The number of nitro groups is 1. The molecular formula is C17H23N5O3. The molecule has 1 aromatic carbocycles. The predicted molar refractivity (Wildman–Crippen MR) is 94.4 cm³/mol. The van der Waals surface area contributed by atoms with Crippen LogP contribution in [-0.2, 0) is 4.79 Å². The summed E-state index contributed by atoms with van der Waals surface area (Å²) < 4.78 is 0. The molecule has 0 aromatic heterocycles. The molecule has 1 aliphatic heterocycles. The minimum absolute atomic E-state index is 0.0197. The van der Waals surface area contributed by atoms with Gasteiger partial charge in [-0.15, -0.1) is 0 Å². The quantitative estimate of drug-likeness (QED) is 0.456. The molecule has 0 spiro atoms. The van der Waals surface area contributed by atoms with Crippen molar-refractivity contribution in [3.63, 3.8) is 0 Å². The molecule has 1 saturated heterocycles. The fraction of sp³-hybridized carbons (Fsp3) is 0.529. The van der Waals surface area contributed by atoms with Gasteiger partial charge in [-0.2, -0.15) is 5.26 Å². The maximum atomic E-state index is 11.9. The Morgan fingerprint density at radius 2 is 2.08 bits per heavy atom. The zero-order valence-electron chi connectivity index (χ0n) is 14.4. The van der Waals surface area contributed by atoms with Crippen LogP contribution in [0.5, 0.6) is 0 Å². The molecule has 8 heteroatoms. The number of benzene rings is 1. The molecule has 1 amide bonds. The van der Waals surface area contributed by atoms with Crippen LogP contribution >= 0.6 is 0 Å². The van der Waals surface area contributed by atoms with E-state index < -0.39 is 4.92 Å². The number of nitro benzene ring substituents is 1. The van der Waals surface area contributed by atoms with Crippen LogP contribution in [0.4, 0.5) is 11.4 Å². The number of hydrogen-bond donors (Lipinski definition) is 1. The number of amides is 1. The number of unbranched alkanes of at least 4 members (excludes halogenated alkanes) is 1. The normalized spacial score (nSPS) is 14.8. The topological polar surface area (TPSA) is 103 Å². The molecular weight excluding hydrogens is 322 g/mol. The van der Waals surface area contributed by atoms with Gasteiger partial charge >= 0.3 is 0 Å². The molecule has 1 heterocycles. The van der Waals surface area contributed by atoms with Crippen LogP contribution in [0, 0.1) is 21.4 Å². The van der Waals surface area contributed by atoms with Crippen LogP contribution in [0.2, 0.25) is 0 Å². The molecule has 0 radical (unpaired) electrons. The summed E-state index contributed by atoms with van der Waals surface area (Å²) in [6.07, 6.45) is 2.02. The molecule has 2 rings (SSSR count). The number of hydrogen-bond acceptors (Lipinski definition) is 6. The lowest BCUT2D eigenvalue weighted by molar-refractivity contribution is -0.384. The van der Waals surface area contributed by atoms with Gasteiger partial charge in [0.15, 0.2) is 0 Å².